The van der Waals surface area contributed by atoms with Gasteiger partial charge in [-0.15, -0.1) is 29.8 Å². The number of hydrogen-bond donors (Lipinski definition) is 0. The monoisotopic (exact) mass is 957 g/mol. The fraction of sp³-hybridized carbons (Fsp3) is 0.255. The molecule has 9 rings (SSSR count). The third-order valence-corrected chi connectivity index (χ3v) is 11.1. The van der Waals surface area contributed by atoms with Gasteiger partial charge in [0.1, 0.15) is 5.58 Å². The van der Waals surface area contributed by atoms with Gasteiger partial charge in [-0.2, -0.15) is 18.6 Å². The minimum absolute atomic E-state index is 0. The average molecular weight is 957 g/mol. The van der Waals surface area contributed by atoms with Crippen LogP contribution in [0.2, 0.25) is 0 Å². The van der Waals surface area contributed by atoms with Crippen molar-refractivity contribution in [1.82, 2.24) is 9.97 Å². The van der Waals surface area contributed by atoms with Crippen molar-refractivity contribution in [3.05, 3.63) is 175 Å². The molecule has 0 amide bonds. The number of aryl methyl sites for hydroxylation is 1. The van der Waals surface area contributed by atoms with Crippen molar-refractivity contribution in [2.45, 2.75) is 79.4 Å². The van der Waals surface area contributed by atoms with Gasteiger partial charge in [-0.3, -0.25) is 4.98 Å². The summed E-state index contributed by atoms with van der Waals surface area (Å²) in [6.45, 7) is 12.0. The molecule has 59 heavy (non-hydrogen) atoms. The van der Waals surface area contributed by atoms with E-state index in [4.69, 9.17) is 12.6 Å². The van der Waals surface area contributed by atoms with Crippen molar-refractivity contribution in [2.24, 2.45) is 10.8 Å². The van der Waals surface area contributed by atoms with Crippen molar-refractivity contribution < 1.29 is 32.7 Å². The van der Waals surface area contributed by atoms with E-state index in [1.807, 2.05) is 93.7 Å². The molecule has 0 aliphatic heterocycles. The molecule has 0 unspecified atom stereocenters. The van der Waals surface area contributed by atoms with Gasteiger partial charge in [0.25, 0.3) is 0 Å². The number of rotatable bonds is 6. The average Bonchev–Trinajstić information content (AvgIpc) is 3.67. The SMILES string of the molecule is [2H]C([2H])([2H])c1cc([CH2-])c(-c2ccc(C([2H])([2H])C(C)(C)C)cn2)cc1-c1ccccc1.[2H]C1(c2ccc(-c3ccnc(-c4[c-]ccc5c4oc4ccccc45)c3)cc2)CCC(C)(C)CC1.[Ir]. The van der Waals surface area contributed by atoms with Gasteiger partial charge in [-0.05, 0) is 106 Å². The summed E-state index contributed by atoms with van der Waals surface area (Å²) < 4.78 is 55.9. The van der Waals surface area contributed by atoms with E-state index in [0.717, 1.165) is 86.7 Å². The fourth-order valence-electron chi connectivity index (χ4n) is 7.84. The van der Waals surface area contributed by atoms with Crippen LogP contribution in [0, 0.1) is 30.7 Å². The molecule has 0 spiro atoms. The molecule has 0 bridgehead atoms. The predicted octanol–water partition coefficient (Wildman–Crippen LogP) is 15.3. The summed E-state index contributed by atoms with van der Waals surface area (Å²) >= 11 is 0. The normalized spacial score (nSPS) is 16.6. The second kappa shape index (κ2) is 17.5. The van der Waals surface area contributed by atoms with Crippen LogP contribution in [0.5, 0.6) is 0 Å². The Bertz CT molecular complexity index is 2920. The maximum atomic E-state index is 9.06. The predicted molar refractivity (Wildman–Crippen MR) is 244 cm³/mol. The summed E-state index contributed by atoms with van der Waals surface area (Å²) in [5.74, 6) is -0.469. The zero-order valence-electron chi connectivity index (χ0n) is 40.5. The Morgan fingerprint density at radius 3 is 2.25 bits per heavy atom. The standard InChI is InChI=1S/C31H28NO.C24H26N.Ir/c1-31(2)17-14-23(15-18-31)21-10-12-22(13-11-21)24-16-19-32-28(20-24)27-8-5-7-26-25-6-3-4-9-29(25)33-30(26)27;1-17-13-18(2)22(14-21(17)20-9-7-6-8-10-20)23-12-11-19(16-25-23)15-24(3,4)5;/h3-7,9-13,16,19-20,23H,14-15,17-18H2,1-2H3;6-14,16H,2,15H2,1,3-5H3;/q2*-1;/i23D;1D3,15D2;. The number of para-hydroxylation sites is 1. The molecule has 0 N–H and O–H groups in total. The van der Waals surface area contributed by atoms with Gasteiger partial charge in [0.2, 0.25) is 0 Å². The summed E-state index contributed by atoms with van der Waals surface area (Å²) in [6.07, 6.45) is 5.94. The summed E-state index contributed by atoms with van der Waals surface area (Å²) in [4.78, 5) is 9.15. The topological polar surface area (TPSA) is 38.9 Å². The number of benzene rings is 5. The van der Waals surface area contributed by atoms with Gasteiger partial charge >= 0.3 is 0 Å². The molecule has 0 saturated heterocycles. The van der Waals surface area contributed by atoms with Crippen molar-refractivity contribution in [2.75, 3.05) is 0 Å². The number of hydrogen-bond acceptors (Lipinski definition) is 3. The van der Waals surface area contributed by atoms with E-state index in [9.17, 15) is 0 Å². The molecule has 3 nitrogen and oxygen atoms in total. The maximum absolute atomic E-state index is 9.06. The second-order valence-corrected chi connectivity index (χ2v) is 17.2. The number of pyridine rings is 2. The molecule has 301 valence electrons. The Hall–Kier alpha value is -5.28. The Morgan fingerprint density at radius 2 is 1.54 bits per heavy atom. The Morgan fingerprint density at radius 1 is 0.797 bits per heavy atom. The maximum Gasteiger partial charge on any atom is 0.120 e. The third-order valence-electron chi connectivity index (χ3n) is 11.1. The van der Waals surface area contributed by atoms with Crippen LogP contribution in [0.4, 0.5) is 0 Å². The number of furan rings is 1. The van der Waals surface area contributed by atoms with Crippen LogP contribution in [0.25, 0.3) is 66.7 Å². The van der Waals surface area contributed by atoms with E-state index in [1.54, 1.807) is 24.4 Å². The minimum atomic E-state index is -2.27. The van der Waals surface area contributed by atoms with E-state index < -0.39 is 24.5 Å². The first-order chi connectivity index (χ1) is 30.2. The Balaban J connectivity index is 0.000000193. The molecular formula is C55H54IrN2O-2. The van der Waals surface area contributed by atoms with E-state index >= 15 is 0 Å². The van der Waals surface area contributed by atoms with Gasteiger partial charge in [-0.1, -0.05) is 143 Å². The third kappa shape index (κ3) is 9.62. The molecule has 0 atom stereocenters. The zero-order chi connectivity index (χ0) is 45.7. The molecule has 1 aliphatic carbocycles. The Labute approximate surface area is 373 Å². The molecule has 1 fully saturated rings. The zero-order valence-corrected chi connectivity index (χ0v) is 36.8. The molecule has 3 heterocycles. The number of nitrogens with zero attached hydrogens (tertiary/aromatic N) is 2. The van der Waals surface area contributed by atoms with E-state index in [1.165, 1.54) is 0 Å². The van der Waals surface area contributed by atoms with Crippen molar-refractivity contribution >= 4 is 21.9 Å². The smallest absolute Gasteiger partial charge is 0.120 e. The van der Waals surface area contributed by atoms with E-state index in [2.05, 4.69) is 79.3 Å². The van der Waals surface area contributed by atoms with Crippen LogP contribution in [0.3, 0.4) is 0 Å². The summed E-state index contributed by atoms with van der Waals surface area (Å²) in [7, 11) is 0. The van der Waals surface area contributed by atoms with Crippen LogP contribution in [0.1, 0.15) is 96.7 Å². The molecule has 1 radical (unpaired) electrons. The fourth-order valence-corrected chi connectivity index (χ4v) is 7.84. The largest absolute Gasteiger partial charge is 0.501 e. The van der Waals surface area contributed by atoms with Crippen LogP contribution in [-0.2, 0) is 26.5 Å². The van der Waals surface area contributed by atoms with Crippen molar-refractivity contribution in [3.8, 4) is 44.8 Å². The van der Waals surface area contributed by atoms with Gasteiger partial charge in [0, 0.05) is 51.8 Å². The first-order valence-electron chi connectivity index (χ1n) is 23.2. The number of fused-ring (bicyclic) bond motifs is 3. The van der Waals surface area contributed by atoms with Gasteiger partial charge < -0.3 is 9.40 Å². The molecule has 8 aromatic rings. The Kier molecular flexibility index (Phi) is 10.3. The van der Waals surface area contributed by atoms with Crippen LogP contribution >= 0.6 is 0 Å². The quantitative estimate of drug-likeness (QED) is 0.156. The van der Waals surface area contributed by atoms with Gasteiger partial charge in [-0.25, -0.2) is 0 Å². The van der Waals surface area contributed by atoms with E-state index in [-0.39, 0.29) is 25.7 Å². The number of aromatic nitrogens is 2. The van der Waals surface area contributed by atoms with Gasteiger partial charge in [0.05, 0.1) is 5.58 Å². The van der Waals surface area contributed by atoms with Crippen LogP contribution in [0.15, 0.2) is 144 Å². The van der Waals surface area contributed by atoms with E-state index in [0.29, 0.717) is 27.8 Å². The van der Waals surface area contributed by atoms with Crippen LogP contribution in [-0.4, -0.2) is 9.97 Å². The molecule has 3 aromatic heterocycles. The summed E-state index contributed by atoms with van der Waals surface area (Å²) in [5, 5.41) is 2.19. The molecule has 1 aliphatic rings. The van der Waals surface area contributed by atoms with Crippen LogP contribution < -0.4 is 0 Å². The summed E-state index contributed by atoms with van der Waals surface area (Å²) in [6, 6.07) is 44.5. The first kappa shape index (κ1) is 34.6. The summed E-state index contributed by atoms with van der Waals surface area (Å²) in [5.41, 5.74) is 10.7. The molecule has 1 saturated carbocycles. The molecule has 5 aromatic carbocycles. The van der Waals surface area contributed by atoms with Crippen molar-refractivity contribution in [3.63, 3.8) is 0 Å². The van der Waals surface area contributed by atoms with Gasteiger partial charge in [0.15, 0.2) is 0 Å². The minimum Gasteiger partial charge on any atom is -0.501 e. The first-order valence-corrected chi connectivity index (χ1v) is 20.2. The molecule has 4 heteroatoms. The molecular weight excluding hydrogens is 897 g/mol. The second-order valence-electron chi connectivity index (χ2n) is 17.2. The van der Waals surface area contributed by atoms with Crippen molar-refractivity contribution in [1.29, 1.82) is 0 Å².